The van der Waals surface area contributed by atoms with Gasteiger partial charge in [0.05, 0.1) is 10.8 Å². The topological polar surface area (TPSA) is 65.8 Å². The van der Waals surface area contributed by atoms with Crippen LogP contribution in [0, 0.1) is 25.2 Å². The third kappa shape index (κ3) is 3.85. The van der Waals surface area contributed by atoms with Gasteiger partial charge in [-0.1, -0.05) is 17.8 Å². The number of thioether (sulfide) groups is 1. The number of rotatable bonds is 4. The number of aryl methyl sites for hydroxylation is 4. The van der Waals surface area contributed by atoms with E-state index in [1.54, 1.807) is 0 Å². The second-order valence-corrected chi connectivity index (χ2v) is 7.79. The summed E-state index contributed by atoms with van der Waals surface area (Å²) in [5.41, 5.74) is 5.85. The second kappa shape index (κ2) is 7.28. The summed E-state index contributed by atoms with van der Waals surface area (Å²) in [4.78, 5) is 17.0. The average Bonchev–Trinajstić information content (AvgIpc) is 3.02. The molecule has 0 saturated carbocycles. The smallest absolute Gasteiger partial charge is 0.237 e. The van der Waals surface area contributed by atoms with Crippen molar-refractivity contribution < 1.29 is 4.79 Å². The summed E-state index contributed by atoms with van der Waals surface area (Å²) in [5.74, 6) is -0.0761. The van der Waals surface area contributed by atoms with Gasteiger partial charge in [-0.3, -0.25) is 4.79 Å². The summed E-state index contributed by atoms with van der Waals surface area (Å²) in [6.45, 7) is 5.63. The molecule has 1 aromatic carbocycles. The molecule has 1 aliphatic carbocycles. The zero-order valence-electron chi connectivity index (χ0n) is 14.7. The lowest BCUT2D eigenvalue weighted by molar-refractivity contribution is -0.115. The van der Waals surface area contributed by atoms with E-state index < -0.39 is 0 Å². The molecule has 1 heterocycles. The number of hydrogen-bond acceptors (Lipinski definition) is 4. The molecule has 1 aromatic heterocycles. The highest BCUT2D eigenvalue weighted by atomic mass is 32.2. The van der Waals surface area contributed by atoms with Gasteiger partial charge in [0.25, 0.3) is 0 Å². The Labute approximate surface area is 152 Å². The number of nitrogens with one attached hydrogen (secondary N) is 1. The third-order valence-corrected chi connectivity index (χ3v) is 5.53. The van der Waals surface area contributed by atoms with Crippen molar-refractivity contribution in [3.05, 3.63) is 52.2 Å². The first kappa shape index (κ1) is 17.5. The van der Waals surface area contributed by atoms with Crippen molar-refractivity contribution in [2.75, 3.05) is 5.32 Å². The van der Waals surface area contributed by atoms with E-state index in [0.29, 0.717) is 10.6 Å². The maximum absolute atomic E-state index is 12.5. The second-order valence-electron chi connectivity index (χ2n) is 6.46. The number of carbonyl (C=O) groups excluding carboxylic acids is 1. The van der Waals surface area contributed by atoms with Crippen LogP contribution < -0.4 is 5.32 Å². The van der Waals surface area contributed by atoms with E-state index in [9.17, 15) is 10.1 Å². The first-order chi connectivity index (χ1) is 12.0. The van der Waals surface area contributed by atoms with Gasteiger partial charge in [-0.15, -0.1) is 0 Å². The van der Waals surface area contributed by atoms with E-state index in [-0.39, 0.29) is 11.2 Å². The fourth-order valence-corrected chi connectivity index (χ4v) is 4.16. The highest BCUT2D eigenvalue weighted by molar-refractivity contribution is 8.00. The molecule has 1 N–H and O–H groups in total. The Morgan fingerprint density at radius 2 is 2.04 bits per heavy atom. The van der Waals surface area contributed by atoms with E-state index in [4.69, 9.17) is 0 Å². The molecule has 1 aliphatic rings. The van der Waals surface area contributed by atoms with Crippen LogP contribution in [0.25, 0.3) is 0 Å². The van der Waals surface area contributed by atoms with E-state index in [0.717, 1.165) is 29.8 Å². The number of carbonyl (C=O) groups is 1. The lowest BCUT2D eigenvalue weighted by atomic mass is 10.1. The number of nitrogens with zero attached hydrogens (tertiary/aromatic N) is 2. The van der Waals surface area contributed by atoms with Gasteiger partial charge in [0, 0.05) is 11.4 Å². The summed E-state index contributed by atoms with van der Waals surface area (Å²) < 4.78 is 0. The first-order valence-corrected chi connectivity index (χ1v) is 9.33. The Morgan fingerprint density at radius 3 is 2.80 bits per heavy atom. The largest absolute Gasteiger partial charge is 0.325 e. The van der Waals surface area contributed by atoms with Crippen molar-refractivity contribution in [3.63, 3.8) is 0 Å². The van der Waals surface area contributed by atoms with Crippen LogP contribution >= 0.6 is 11.8 Å². The van der Waals surface area contributed by atoms with Crippen LogP contribution in [-0.2, 0) is 17.6 Å². The van der Waals surface area contributed by atoms with Gasteiger partial charge in [-0.2, -0.15) is 5.26 Å². The van der Waals surface area contributed by atoms with Gasteiger partial charge in [0.15, 0.2) is 0 Å². The van der Waals surface area contributed by atoms with Gasteiger partial charge in [-0.05, 0) is 74.9 Å². The molecular weight excluding hydrogens is 330 g/mol. The van der Waals surface area contributed by atoms with Crippen LogP contribution in [0.2, 0.25) is 0 Å². The van der Waals surface area contributed by atoms with Crippen LogP contribution in [0.1, 0.15) is 41.3 Å². The Kier molecular flexibility index (Phi) is 5.10. The maximum Gasteiger partial charge on any atom is 0.237 e. The minimum Gasteiger partial charge on any atom is -0.325 e. The molecule has 1 amide bonds. The summed E-state index contributed by atoms with van der Waals surface area (Å²) in [6, 6.07) is 10.2. The molecule has 1 atom stereocenters. The van der Waals surface area contributed by atoms with E-state index in [1.165, 1.54) is 29.3 Å². The number of aromatic nitrogens is 1. The molecule has 128 valence electrons. The van der Waals surface area contributed by atoms with Gasteiger partial charge in [0.2, 0.25) is 5.91 Å². The van der Waals surface area contributed by atoms with Crippen molar-refractivity contribution in [1.82, 2.24) is 4.98 Å². The van der Waals surface area contributed by atoms with Crippen LogP contribution in [0.4, 0.5) is 5.69 Å². The standard InChI is InChI=1S/C20H21N3OS/c1-12-9-13(2)22-20(18(12)11-21)25-14(3)19(24)23-17-8-7-15-5-4-6-16(15)10-17/h7-10,14H,4-6H2,1-3H3,(H,23,24). The van der Waals surface area contributed by atoms with Crippen molar-refractivity contribution >= 4 is 23.4 Å². The highest BCUT2D eigenvalue weighted by Crippen LogP contribution is 2.29. The Morgan fingerprint density at radius 1 is 1.28 bits per heavy atom. The van der Waals surface area contributed by atoms with Gasteiger partial charge >= 0.3 is 0 Å². The quantitative estimate of drug-likeness (QED) is 0.839. The molecule has 1 unspecified atom stereocenters. The summed E-state index contributed by atoms with van der Waals surface area (Å²) in [5, 5.41) is 12.6. The molecule has 0 bridgehead atoms. The zero-order chi connectivity index (χ0) is 18.0. The molecule has 2 aromatic rings. The summed E-state index contributed by atoms with van der Waals surface area (Å²) >= 11 is 1.33. The van der Waals surface area contributed by atoms with Crippen LogP contribution in [-0.4, -0.2) is 16.1 Å². The fourth-order valence-electron chi connectivity index (χ4n) is 3.14. The molecule has 0 radical (unpaired) electrons. The number of hydrogen-bond donors (Lipinski definition) is 1. The molecule has 5 heteroatoms. The first-order valence-electron chi connectivity index (χ1n) is 8.45. The Balaban J connectivity index is 1.72. The van der Waals surface area contributed by atoms with Gasteiger partial charge in [-0.25, -0.2) is 4.98 Å². The van der Waals surface area contributed by atoms with Crippen molar-refractivity contribution in [1.29, 1.82) is 5.26 Å². The third-order valence-electron chi connectivity index (χ3n) is 4.45. The van der Waals surface area contributed by atoms with Crippen molar-refractivity contribution in [2.45, 2.75) is 50.3 Å². The summed E-state index contributed by atoms with van der Waals surface area (Å²) in [6.07, 6.45) is 3.40. The molecule has 4 nitrogen and oxygen atoms in total. The fraction of sp³-hybridized carbons (Fsp3) is 0.350. The van der Waals surface area contributed by atoms with E-state index >= 15 is 0 Å². The minimum absolute atomic E-state index is 0.0761. The maximum atomic E-state index is 12.5. The molecule has 0 saturated heterocycles. The van der Waals surface area contributed by atoms with Crippen LogP contribution in [0.15, 0.2) is 29.3 Å². The number of benzene rings is 1. The molecule has 0 spiro atoms. The van der Waals surface area contributed by atoms with Crippen LogP contribution in [0.5, 0.6) is 0 Å². The highest BCUT2D eigenvalue weighted by Gasteiger charge is 2.19. The number of anilines is 1. The monoisotopic (exact) mass is 351 g/mol. The molecule has 0 fully saturated rings. The predicted molar refractivity (Wildman–Crippen MR) is 101 cm³/mol. The number of nitriles is 1. The van der Waals surface area contributed by atoms with Gasteiger partial charge in [0.1, 0.15) is 11.1 Å². The van der Waals surface area contributed by atoms with Crippen molar-refractivity contribution in [3.8, 4) is 6.07 Å². The SMILES string of the molecule is Cc1cc(C)c(C#N)c(SC(C)C(=O)Nc2ccc3c(c2)CCC3)n1. The predicted octanol–water partition coefficient (Wildman–Crippen LogP) is 4.18. The van der Waals surface area contributed by atoms with E-state index in [2.05, 4.69) is 28.5 Å². The lowest BCUT2D eigenvalue weighted by Crippen LogP contribution is -2.22. The van der Waals surface area contributed by atoms with Crippen LogP contribution in [0.3, 0.4) is 0 Å². The molecular formula is C20H21N3OS. The normalized spacial score (nSPS) is 13.8. The number of amides is 1. The average molecular weight is 351 g/mol. The Bertz CT molecular complexity index is 870. The molecule has 3 rings (SSSR count). The number of pyridine rings is 1. The summed E-state index contributed by atoms with van der Waals surface area (Å²) in [7, 11) is 0. The lowest BCUT2D eigenvalue weighted by Gasteiger charge is -2.14. The van der Waals surface area contributed by atoms with E-state index in [1.807, 2.05) is 32.9 Å². The zero-order valence-corrected chi connectivity index (χ0v) is 15.5. The molecule has 25 heavy (non-hydrogen) atoms. The van der Waals surface area contributed by atoms with Crippen molar-refractivity contribution in [2.24, 2.45) is 0 Å². The molecule has 0 aliphatic heterocycles. The van der Waals surface area contributed by atoms with Gasteiger partial charge < -0.3 is 5.32 Å². The number of fused-ring (bicyclic) bond motifs is 1. The Hall–Kier alpha value is -2.32. The minimum atomic E-state index is -0.339.